The number of nitrogens with one attached hydrogen (secondary N) is 3. The highest BCUT2D eigenvalue weighted by molar-refractivity contribution is 5.94. The van der Waals surface area contributed by atoms with Crippen molar-refractivity contribution in [1.29, 1.82) is 0 Å². The summed E-state index contributed by atoms with van der Waals surface area (Å²) in [4.78, 5) is 36.3. The third kappa shape index (κ3) is 7.39. The standard InChI is InChI=1S/C26H27N4O5/c1-18(31)29-23-17-24(30(34)35)22(13-15-28-26(33)20-10-6-3-7-11-20)16-21(23)12-14-27-25(32)19-8-4-2-5-9-19/h2-11,16-17,34H,12-15H2,1H3,(H,27,32)(H,28,33)(H,29,31)/q-1. The topological polar surface area (TPSA) is 134 Å². The summed E-state index contributed by atoms with van der Waals surface area (Å²) in [5, 5.41) is 29.5. The molecule has 0 radical (unpaired) electrons. The maximum atomic E-state index is 12.3. The molecule has 0 aliphatic carbocycles. The summed E-state index contributed by atoms with van der Waals surface area (Å²) in [5.74, 6) is -0.828. The first-order valence-electron chi connectivity index (χ1n) is 11.1. The Morgan fingerprint density at radius 2 is 1.29 bits per heavy atom. The third-order valence-corrected chi connectivity index (χ3v) is 5.25. The number of rotatable bonds is 10. The van der Waals surface area contributed by atoms with E-state index in [1.807, 2.05) is 12.1 Å². The molecule has 0 aliphatic heterocycles. The zero-order valence-corrected chi connectivity index (χ0v) is 19.3. The van der Waals surface area contributed by atoms with E-state index in [0.29, 0.717) is 34.4 Å². The van der Waals surface area contributed by atoms with Crippen molar-refractivity contribution in [2.24, 2.45) is 0 Å². The van der Waals surface area contributed by atoms with E-state index in [4.69, 9.17) is 0 Å². The van der Waals surface area contributed by atoms with Gasteiger partial charge in [0.1, 0.15) is 0 Å². The number of carbonyl (C=O) groups is 3. The van der Waals surface area contributed by atoms with Crippen molar-refractivity contribution >= 4 is 29.1 Å². The van der Waals surface area contributed by atoms with E-state index in [9.17, 15) is 24.8 Å². The summed E-state index contributed by atoms with van der Waals surface area (Å²) in [6, 6.07) is 20.6. The fourth-order valence-electron chi connectivity index (χ4n) is 3.58. The van der Waals surface area contributed by atoms with Gasteiger partial charge >= 0.3 is 0 Å². The van der Waals surface area contributed by atoms with Crippen LogP contribution in [-0.2, 0) is 17.6 Å². The van der Waals surface area contributed by atoms with Gasteiger partial charge in [0.25, 0.3) is 11.8 Å². The molecule has 0 heterocycles. The molecule has 4 N–H and O–H groups in total. The van der Waals surface area contributed by atoms with E-state index < -0.39 is 0 Å². The normalized spacial score (nSPS) is 10.4. The van der Waals surface area contributed by atoms with Crippen LogP contribution in [-0.4, -0.2) is 36.0 Å². The fourth-order valence-corrected chi connectivity index (χ4v) is 3.58. The molecule has 0 aromatic heterocycles. The van der Waals surface area contributed by atoms with Crippen LogP contribution in [0.2, 0.25) is 0 Å². The molecule has 0 bridgehead atoms. The average molecular weight is 476 g/mol. The highest BCUT2D eigenvalue weighted by Gasteiger charge is 2.14. The third-order valence-electron chi connectivity index (χ3n) is 5.25. The Morgan fingerprint density at radius 3 is 1.74 bits per heavy atom. The Morgan fingerprint density at radius 1 is 0.800 bits per heavy atom. The summed E-state index contributed by atoms with van der Waals surface area (Å²) >= 11 is 0. The average Bonchev–Trinajstić information content (AvgIpc) is 2.85. The lowest BCUT2D eigenvalue weighted by Crippen LogP contribution is -2.27. The van der Waals surface area contributed by atoms with Gasteiger partial charge in [0.05, 0.1) is 5.69 Å². The van der Waals surface area contributed by atoms with Crippen LogP contribution in [0.1, 0.15) is 38.8 Å². The minimum atomic E-state index is -0.344. The van der Waals surface area contributed by atoms with Crippen LogP contribution in [0.25, 0.3) is 0 Å². The second-order valence-corrected chi connectivity index (χ2v) is 7.84. The van der Waals surface area contributed by atoms with Gasteiger partial charge in [-0.3, -0.25) is 19.6 Å². The molecular formula is C26H27N4O5-. The van der Waals surface area contributed by atoms with Gasteiger partial charge in [-0.2, -0.15) is 0 Å². The number of benzene rings is 3. The minimum Gasteiger partial charge on any atom is -0.733 e. The highest BCUT2D eigenvalue weighted by Crippen LogP contribution is 2.28. The van der Waals surface area contributed by atoms with Gasteiger partial charge in [-0.05, 0) is 54.3 Å². The zero-order valence-electron chi connectivity index (χ0n) is 19.3. The highest BCUT2D eigenvalue weighted by atomic mass is 16.8. The molecular weight excluding hydrogens is 448 g/mol. The van der Waals surface area contributed by atoms with E-state index in [-0.39, 0.29) is 48.1 Å². The summed E-state index contributed by atoms with van der Waals surface area (Å²) in [7, 11) is 0. The number of anilines is 2. The van der Waals surface area contributed by atoms with E-state index in [1.54, 1.807) is 54.6 Å². The summed E-state index contributed by atoms with van der Waals surface area (Å²) in [6.45, 7) is 1.84. The van der Waals surface area contributed by atoms with Crippen LogP contribution in [0.3, 0.4) is 0 Å². The molecule has 182 valence electrons. The molecule has 9 nitrogen and oxygen atoms in total. The predicted octanol–water partition coefficient (Wildman–Crippen LogP) is 3.28. The van der Waals surface area contributed by atoms with Crippen molar-refractivity contribution in [3.05, 3.63) is 100 Å². The molecule has 35 heavy (non-hydrogen) atoms. The van der Waals surface area contributed by atoms with Gasteiger partial charge in [-0.1, -0.05) is 42.5 Å². The van der Waals surface area contributed by atoms with Crippen LogP contribution in [0.4, 0.5) is 11.4 Å². The Balaban J connectivity index is 1.73. The molecule has 0 saturated carbocycles. The van der Waals surface area contributed by atoms with Crippen molar-refractivity contribution < 1.29 is 19.6 Å². The lowest BCUT2D eigenvalue weighted by Gasteiger charge is -2.27. The molecule has 3 amide bonds. The van der Waals surface area contributed by atoms with Gasteiger partial charge in [-0.15, -0.1) is 0 Å². The van der Waals surface area contributed by atoms with Gasteiger partial charge in [-0.25, -0.2) is 0 Å². The van der Waals surface area contributed by atoms with Crippen LogP contribution < -0.4 is 21.2 Å². The first-order chi connectivity index (χ1) is 16.8. The van der Waals surface area contributed by atoms with Crippen LogP contribution in [0.15, 0.2) is 72.8 Å². The quantitative estimate of drug-likeness (QED) is 0.333. The fraction of sp³-hybridized carbons (Fsp3) is 0.192. The van der Waals surface area contributed by atoms with Crippen molar-refractivity contribution in [2.45, 2.75) is 19.8 Å². The lowest BCUT2D eigenvalue weighted by atomic mass is 10.0. The monoisotopic (exact) mass is 475 g/mol. The van der Waals surface area contributed by atoms with Crippen LogP contribution >= 0.6 is 0 Å². The Bertz CT molecular complexity index is 1170. The maximum Gasteiger partial charge on any atom is 0.251 e. The van der Waals surface area contributed by atoms with Crippen molar-refractivity contribution in [3.63, 3.8) is 0 Å². The Kier molecular flexibility index (Phi) is 8.94. The molecule has 0 atom stereocenters. The smallest absolute Gasteiger partial charge is 0.251 e. The molecule has 3 aromatic carbocycles. The maximum absolute atomic E-state index is 12.3. The summed E-state index contributed by atoms with van der Waals surface area (Å²) in [6.07, 6.45) is 0.624. The van der Waals surface area contributed by atoms with Crippen molar-refractivity contribution in [2.75, 3.05) is 23.6 Å². The lowest BCUT2D eigenvalue weighted by molar-refractivity contribution is -0.114. The molecule has 0 spiro atoms. The summed E-state index contributed by atoms with van der Waals surface area (Å²) < 4.78 is 0. The molecule has 0 unspecified atom stereocenters. The van der Waals surface area contributed by atoms with E-state index in [2.05, 4.69) is 16.0 Å². The number of hydrogen-bond acceptors (Lipinski definition) is 6. The molecule has 9 heteroatoms. The number of amides is 3. The molecule has 3 aromatic rings. The largest absolute Gasteiger partial charge is 0.733 e. The van der Waals surface area contributed by atoms with E-state index in [0.717, 1.165) is 0 Å². The predicted molar refractivity (Wildman–Crippen MR) is 133 cm³/mol. The molecule has 0 fully saturated rings. The van der Waals surface area contributed by atoms with Crippen LogP contribution in [0, 0.1) is 5.21 Å². The Labute approximate surface area is 203 Å². The van der Waals surface area contributed by atoms with Crippen LogP contribution in [0.5, 0.6) is 0 Å². The molecule has 0 saturated heterocycles. The first-order valence-corrected chi connectivity index (χ1v) is 11.1. The van der Waals surface area contributed by atoms with Gasteiger partial charge in [0.15, 0.2) is 0 Å². The van der Waals surface area contributed by atoms with Gasteiger partial charge < -0.3 is 26.4 Å². The Hall–Kier alpha value is -4.21. The first kappa shape index (κ1) is 25.4. The molecule has 3 rings (SSSR count). The SMILES string of the molecule is CC(=O)Nc1cc(N([O-])O)c(CCNC(=O)c2ccccc2)cc1CCNC(=O)c1ccccc1. The van der Waals surface area contributed by atoms with Gasteiger partial charge in [0.2, 0.25) is 5.91 Å². The minimum absolute atomic E-state index is 0.0419. The van der Waals surface area contributed by atoms with E-state index in [1.165, 1.54) is 13.0 Å². The number of carbonyl (C=O) groups excluding carboxylic acids is 3. The van der Waals surface area contributed by atoms with E-state index >= 15 is 0 Å². The summed E-state index contributed by atoms with van der Waals surface area (Å²) in [5.41, 5.74) is 2.50. The van der Waals surface area contributed by atoms with Crippen molar-refractivity contribution in [3.8, 4) is 0 Å². The van der Waals surface area contributed by atoms with Gasteiger partial charge in [0, 0.05) is 36.8 Å². The number of nitrogens with zero attached hydrogens (tertiary/aromatic N) is 1. The molecule has 0 aliphatic rings. The number of hydrogen-bond donors (Lipinski definition) is 4. The second kappa shape index (κ2) is 12.3. The van der Waals surface area contributed by atoms with Crippen molar-refractivity contribution in [1.82, 2.24) is 10.6 Å². The zero-order chi connectivity index (χ0) is 25.2. The second-order valence-electron chi connectivity index (χ2n) is 7.84.